The molecule has 2 heteroatoms. The number of hydrogen-bond acceptors (Lipinski definition) is 1. The molecule has 2 aromatic rings. The second-order valence-electron chi connectivity index (χ2n) is 8.83. The van der Waals surface area contributed by atoms with Gasteiger partial charge in [-0.3, -0.25) is 0 Å². The van der Waals surface area contributed by atoms with E-state index < -0.39 is 0 Å². The molecule has 0 amide bonds. The fourth-order valence-corrected chi connectivity index (χ4v) is 4.65. The molecule has 0 bridgehead atoms. The van der Waals surface area contributed by atoms with E-state index in [1.807, 2.05) is 0 Å². The number of unbranched alkanes of at least 4 members (excludes halogenated alkanes) is 1. The van der Waals surface area contributed by atoms with Crippen LogP contribution in [0.1, 0.15) is 44.7 Å². The fraction of sp³-hybridized carbons (Fsp3) is 0.276. The van der Waals surface area contributed by atoms with Crippen molar-refractivity contribution in [2.75, 3.05) is 18.5 Å². The molecule has 2 heterocycles. The number of nitrogens with zero attached hydrogens (tertiary/aromatic N) is 2. The third kappa shape index (κ3) is 4.07. The lowest BCUT2D eigenvalue weighted by atomic mass is 9.81. The molecule has 0 unspecified atom stereocenters. The minimum Gasteiger partial charge on any atom is -0.347 e. The summed E-state index contributed by atoms with van der Waals surface area (Å²) < 4.78 is 2.31. The fourth-order valence-electron chi connectivity index (χ4n) is 4.65. The number of benzene rings is 2. The van der Waals surface area contributed by atoms with E-state index in [0.717, 1.165) is 6.54 Å². The zero-order chi connectivity index (χ0) is 21.8. The number of rotatable bonds is 6. The first-order chi connectivity index (χ1) is 15.0. The average Bonchev–Trinajstić information content (AvgIpc) is 2.98. The third-order valence-electron chi connectivity index (χ3n) is 6.40. The second-order valence-corrected chi connectivity index (χ2v) is 8.83. The molecular formula is C29H33N2+. The van der Waals surface area contributed by atoms with Crippen molar-refractivity contribution in [1.82, 2.24) is 0 Å². The number of allylic oxidation sites excluding steroid dienone is 7. The molecule has 31 heavy (non-hydrogen) atoms. The zero-order valence-electron chi connectivity index (χ0n) is 19.2. The lowest BCUT2D eigenvalue weighted by Gasteiger charge is -2.27. The van der Waals surface area contributed by atoms with Gasteiger partial charge in [-0.05, 0) is 38.0 Å². The van der Waals surface area contributed by atoms with Crippen molar-refractivity contribution in [3.8, 4) is 0 Å². The van der Waals surface area contributed by atoms with E-state index in [2.05, 4.69) is 128 Å². The summed E-state index contributed by atoms with van der Waals surface area (Å²) in [6, 6.07) is 17.4. The van der Waals surface area contributed by atoms with Gasteiger partial charge in [-0.1, -0.05) is 74.0 Å². The summed E-state index contributed by atoms with van der Waals surface area (Å²) in [6.45, 7) is 7.91. The Morgan fingerprint density at radius 1 is 0.968 bits per heavy atom. The molecule has 2 aliphatic rings. The van der Waals surface area contributed by atoms with E-state index in [1.54, 1.807) is 0 Å². The van der Waals surface area contributed by atoms with E-state index in [4.69, 9.17) is 0 Å². The van der Waals surface area contributed by atoms with Gasteiger partial charge in [-0.25, -0.2) is 0 Å². The Morgan fingerprint density at radius 2 is 1.74 bits per heavy atom. The van der Waals surface area contributed by atoms with Crippen LogP contribution in [0.25, 0.3) is 5.57 Å². The van der Waals surface area contributed by atoms with Gasteiger partial charge >= 0.3 is 0 Å². The molecule has 4 rings (SSSR count). The maximum Gasteiger partial charge on any atom is 0.209 e. The molecule has 0 N–H and O–H groups in total. The zero-order valence-corrected chi connectivity index (χ0v) is 19.2. The first-order valence-electron chi connectivity index (χ1n) is 11.3. The molecule has 0 radical (unpaired) electrons. The quantitative estimate of drug-likeness (QED) is 0.367. The highest BCUT2D eigenvalue weighted by atomic mass is 15.1. The number of fused-ring (bicyclic) bond motifs is 2. The minimum atomic E-state index is 0.0150. The Labute approximate surface area is 187 Å². The molecule has 0 aliphatic carbocycles. The molecular weight excluding hydrogens is 376 g/mol. The van der Waals surface area contributed by atoms with Gasteiger partial charge in [0.1, 0.15) is 7.05 Å². The van der Waals surface area contributed by atoms with Crippen molar-refractivity contribution in [2.24, 2.45) is 0 Å². The molecule has 158 valence electrons. The van der Waals surface area contributed by atoms with Crippen molar-refractivity contribution < 1.29 is 4.58 Å². The molecule has 2 aliphatic heterocycles. The molecule has 2 nitrogen and oxygen atoms in total. The Balaban J connectivity index is 1.52. The van der Waals surface area contributed by atoms with Gasteiger partial charge in [0.25, 0.3) is 0 Å². The van der Waals surface area contributed by atoms with Crippen LogP contribution >= 0.6 is 0 Å². The van der Waals surface area contributed by atoms with Crippen LogP contribution in [0, 0.1) is 0 Å². The molecule has 0 saturated heterocycles. The molecule has 0 fully saturated rings. The predicted molar refractivity (Wildman–Crippen MR) is 134 cm³/mol. The van der Waals surface area contributed by atoms with E-state index in [0.29, 0.717) is 0 Å². The van der Waals surface area contributed by atoms with Crippen molar-refractivity contribution in [3.05, 3.63) is 102 Å². The summed E-state index contributed by atoms with van der Waals surface area (Å²) >= 11 is 0. The summed E-state index contributed by atoms with van der Waals surface area (Å²) in [4.78, 5) is 2.37. The molecule has 0 saturated carbocycles. The molecule has 0 spiro atoms. The Hall–Kier alpha value is -3.13. The van der Waals surface area contributed by atoms with Gasteiger partial charge in [-0.2, -0.15) is 4.58 Å². The third-order valence-corrected chi connectivity index (χ3v) is 6.40. The van der Waals surface area contributed by atoms with Gasteiger partial charge < -0.3 is 4.90 Å². The van der Waals surface area contributed by atoms with E-state index in [9.17, 15) is 0 Å². The van der Waals surface area contributed by atoms with Crippen molar-refractivity contribution in [2.45, 2.75) is 39.0 Å². The van der Waals surface area contributed by atoms with Crippen LogP contribution in [0.2, 0.25) is 0 Å². The van der Waals surface area contributed by atoms with Gasteiger partial charge in [-0.15, -0.1) is 0 Å². The normalized spacial score (nSPS) is 18.5. The first-order valence-corrected chi connectivity index (χ1v) is 11.3. The summed E-state index contributed by atoms with van der Waals surface area (Å²) in [5.41, 5.74) is 7.88. The van der Waals surface area contributed by atoms with Gasteiger partial charge in [0.05, 0.1) is 5.41 Å². The molecule has 0 aromatic heterocycles. The number of anilines is 1. The van der Waals surface area contributed by atoms with Crippen LogP contribution in [0.3, 0.4) is 0 Å². The Morgan fingerprint density at radius 3 is 2.55 bits per heavy atom. The maximum absolute atomic E-state index is 2.37. The van der Waals surface area contributed by atoms with Crippen LogP contribution in [0.5, 0.6) is 0 Å². The second kappa shape index (κ2) is 8.93. The van der Waals surface area contributed by atoms with Gasteiger partial charge in [0.2, 0.25) is 5.69 Å². The van der Waals surface area contributed by atoms with Gasteiger partial charge in [0.15, 0.2) is 5.71 Å². The van der Waals surface area contributed by atoms with E-state index in [-0.39, 0.29) is 5.41 Å². The standard InChI is InChI=1S/C29H33N2/c1-5-6-21-31-22-20-23(24-15-10-12-17-26(24)31)14-8-7-9-19-28-29(2,3)25-16-11-13-18-27(25)30(28)4/h7-20,22H,5-6,21H2,1-4H3/q+1. The predicted octanol–water partition coefficient (Wildman–Crippen LogP) is 7.02. The lowest BCUT2D eigenvalue weighted by Crippen LogP contribution is -2.26. The summed E-state index contributed by atoms with van der Waals surface area (Å²) in [5, 5.41) is 0. The highest BCUT2D eigenvalue weighted by Gasteiger charge is 2.42. The van der Waals surface area contributed by atoms with E-state index >= 15 is 0 Å². The van der Waals surface area contributed by atoms with Gasteiger partial charge in [0, 0.05) is 41.7 Å². The lowest BCUT2D eigenvalue weighted by molar-refractivity contribution is -0.401. The van der Waals surface area contributed by atoms with Crippen LogP contribution < -0.4 is 4.90 Å². The summed E-state index contributed by atoms with van der Waals surface area (Å²) in [6.07, 6.45) is 17.7. The Bertz CT molecular complexity index is 1110. The number of hydrogen-bond donors (Lipinski definition) is 0. The average molecular weight is 410 g/mol. The SMILES string of the molecule is CCCCN1C=C\C(=C/C=C/C=C/C2=[N+](C)c3ccccc3C2(C)C)c2ccccc21. The highest BCUT2D eigenvalue weighted by molar-refractivity contribution is 6.03. The van der Waals surface area contributed by atoms with Crippen LogP contribution in [-0.2, 0) is 5.41 Å². The smallest absolute Gasteiger partial charge is 0.209 e. The highest BCUT2D eigenvalue weighted by Crippen LogP contribution is 2.39. The topological polar surface area (TPSA) is 6.25 Å². The monoisotopic (exact) mass is 409 g/mol. The first kappa shape index (κ1) is 21.1. The summed E-state index contributed by atoms with van der Waals surface area (Å²) in [5.74, 6) is 0. The maximum atomic E-state index is 2.37. The van der Waals surface area contributed by atoms with Crippen LogP contribution in [-0.4, -0.2) is 23.9 Å². The summed E-state index contributed by atoms with van der Waals surface area (Å²) in [7, 11) is 2.16. The van der Waals surface area contributed by atoms with Crippen molar-refractivity contribution >= 4 is 22.7 Å². The molecule has 2 aromatic carbocycles. The largest absolute Gasteiger partial charge is 0.347 e. The Kier molecular flexibility index (Phi) is 6.08. The van der Waals surface area contributed by atoms with Crippen LogP contribution in [0.4, 0.5) is 11.4 Å². The van der Waals surface area contributed by atoms with Crippen molar-refractivity contribution in [3.63, 3.8) is 0 Å². The number of para-hydroxylation sites is 2. The van der Waals surface area contributed by atoms with E-state index in [1.165, 1.54) is 46.6 Å². The minimum absolute atomic E-state index is 0.0150. The molecule has 0 atom stereocenters. The van der Waals surface area contributed by atoms with Crippen LogP contribution in [0.15, 0.2) is 91.2 Å². The van der Waals surface area contributed by atoms with Crippen molar-refractivity contribution in [1.29, 1.82) is 0 Å².